The van der Waals surface area contributed by atoms with Crippen molar-refractivity contribution in [3.05, 3.63) is 22.8 Å². The molecule has 3 saturated carbocycles. The normalized spacial score (nSPS) is 51.5. The van der Waals surface area contributed by atoms with E-state index in [0.717, 1.165) is 0 Å². The van der Waals surface area contributed by atoms with Crippen LogP contribution in [-0.2, 0) is 9.59 Å². The molecule has 3 fully saturated rings. The number of hydrogen-bond acceptors (Lipinski definition) is 5. The molecule has 8 atom stereocenters. The number of halogens is 3. The number of carbonyl (C=O) groups excluding carboxylic acids is 2. The lowest BCUT2D eigenvalue weighted by Gasteiger charge is -2.64. The molecule has 0 aromatic rings. The molecular weight excluding hydrogens is 422 g/mol. The molecule has 0 bridgehead atoms. The van der Waals surface area contributed by atoms with E-state index in [2.05, 4.69) is 0 Å². The first kappa shape index (κ1) is 21.4. The zero-order valence-electron chi connectivity index (χ0n) is 16.3. The van der Waals surface area contributed by atoms with Crippen LogP contribution in [0.2, 0.25) is 0 Å². The van der Waals surface area contributed by atoms with Crippen LogP contribution >= 0.6 is 23.2 Å². The van der Waals surface area contributed by atoms with Gasteiger partial charge in [0.15, 0.2) is 11.6 Å². The van der Waals surface area contributed by atoms with Crippen LogP contribution in [0.15, 0.2) is 22.8 Å². The summed E-state index contributed by atoms with van der Waals surface area (Å²) in [5.74, 6) is -2.09. The van der Waals surface area contributed by atoms with Crippen molar-refractivity contribution in [1.29, 1.82) is 0 Å². The minimum atomic E-state index is -1.80. The van der Waals surface area contributed by atoms with Gasteiger partial charge in [-0.25, -0.2) is 4.39 Å². The van der Waals surface area contributed by atoms with E-state index in [1.54, 1.807) is 13.8 Å². The van der Waals surface area contributed by atoms with Crippen molar-refractivity contribution in [2.24, 2.45) is 22.7 Å². The first-order valence-electron chi connectivity index (χ1n) is 9.89. The van der Waals surface area contributed by atoms with Crippen LogP contribution in [0.3, 0.4) is 0 Å². The first-order valence-corrected chi connectivity index (χ1v) is 10.6. The number of fused-ring (bicyclic) bond motifs is 5. The fraction of sp³-hybridized carbons (Fsp3) is 0.714. The van der Waals surface area contributed by atoms with Crippen LogP contribution in [0.5, 0.6) is 0 Å². The van der Waals surface area contributed by atoms with Gasteiger partial charge in [-0.05, 0) is 55.2 Å². The molecule has 0 aromatic heterocycles. The van der Waals surface area contributed by atoms with E-state index in [9.17, 15) is 24.9 Å². The van der Waals surface area contributed by atoms with Crippen LogP contribution in [0.1, 0.15) is 39.5 Å². The largest absolute Gasteiger partial charge is 0.391 e. The van der Waals surface area contributed by atoms with Crippen molar-refractivity contribution in [3.63, 3.8) is 0 Å². The number of aliphatic hydroxyl groups excluding tert-OH is 2. The molecule has 4 rings (SSSR count). The summed E-state index contributed by atoms with van der Waals surface area (Å²) in [5, 5.41) is 31.8. The Balaban J connectivity index is 1.86. The van der Waals surface area contributed by atoms with E-state index in [-0.39, 0.29) is 35.8 Å². The number of allylic oxidation sites excluding steroid dienone is 4. The second kappa shape index (κ2) is 6.36. The molecular formula is C21H25Cl2FO5. The van der Waals surface area contributed by atoms with Crippen molar-refractivity contribution in [3.8, 4) is 0 Å². The minimum Gasteiger partial charge on any atom is -0.391 e. The quantitative estimate of drug-likeness (QED) is 0.566. The fourth-order valence-corrected chi connectivity index (χ4v) is 7.61. The van der Waals surface area contributed by atoms with Gasteiger partial charge in [-0.2, -0.15) is 0 Å². The summed E-state index contributed by atoms with van der Waals surface area (Å²) >= 11 is 13.3. The second-order valence-electron chi connectivity index (χ2n) is 9.46. The third-order valence-electron chi connectivity index (χ3n) is 8.44. The average Bonchev–Trinajstić information content (AvgIpc) is 2.91. The van der Waals surface area contributed by atoms with Crippen molar-refractivity contribution >= 4 is 34.8 Å². The number of Topliss-reactive ketones (excluding diaryl/α,β-unsaturated/α-hetero) is 1. The first-order chi connectivity index (χ1) is 13.4. The molecule has 0 heterocycles. The molecule has 29 heavy (non-hydrogen) atoms. The predicted octanol–water partition coefficient (Wildman–Crippen LogP) is 2.43. The maximum atomic E-state index is 15.3. The predicted molar refractivity (Wildman–Crippen MR) is 105 cm³/mol. The molecule has 8 heteroatoms. The molecule has 2 unspecified atom stereocenters. The second-order valence-corrected chi connectivity index (χ2v) is 10.5. The summed E-state index contributed by atoms with van der Waals surface area (Å²) in [7, 11) is 0. The molecule has 160 valence electrons. The summed E-state index contributed by atoms with van der Waals surface area (Å²) in [5.41, 5.74) is -3.83. The van der Waals surface area contributed by atoms with Gasteiger partial charge in [-0.1, -0.05) is 25.4 Å². The Labute approximate surface area is 178 Å². The fourth-order valence-electron chi connectivity index (χ4n) is 6.85. The molecule has 0 aromatic carbocycles. The maximum Gasteiger partial charge on any atom is 0.196 e. The van der Waals surface area contributed by atoms with Gasteiger partial charge in [0.25, 0.3) is 0 Å². The Hall–Kier alpha value is -0.790. The SMILES string of the molecule is C[C@]12C=C(Cl)C(=O)C=C1C(F)C[C@H]1[C@@H]3CC[C@](O)(C(=O)CO)[C@@]3(C)CC(O)[C@@]12Cl. The van der Waals surface area contributed by atoms with Crippen LogP contribution in [0, 0.1) is 22.7 Å². The molecule has 3 N–H and O–H groups in total. The van der Waals surface area contributed by atoms with Gasteiger partial charge in [0.05, 0.1) is 16.0 Å². The molecule has 5 nitrogen and oxygen atoms in total. The number of aliphatic hydroxyl groups is 3. The van der Waals surface area contributed by atoms with Gasteiger partial charge in [-0.3, -0.25) is 9.59 Å². The Kier molecular flexibility index (Phi) is 4.70. The zero-order valence-corrected chi connectivity index (χ0v) is 17.8. The summed E-state index contributed by atoms with van der Waals surface area (Å²) in [4.78, 5) is 23.1. The molecule has 4 aliphatic carbocycles. The lowest BCUT2D eigenvalue weighted by Crippen LogP contribution is -2.69. The number of alkyl halides is 2. The number of hydrogen-bond donors (Lipinski definition) is 3. The topological polar surface area (TPSA) is 94.8 Å². The highest BCUT2D eigenvalue weighted by atomic mass is 35.5. The number of ketones is 2. The summed E-state index contributed by atoms with van der Waals surface area (Å²) in [6.07, 6.45) is 0.513. The molecule has 4 aliphatic rings. The highest BCUT2D eigenvalue weighted by Crippen LogP contribution is 2.70. The van der Waals surface area contributed by atoms with Crippen LogP contribution in [0.4, 0.5) is 4.39 Å². The van der Waals surface area contributed by atoms with E-state index in [4.69, 9.17) is 23.2 Å². The van der Waals surface area contributed by atoms with Crippen molar-refractivity contribution in [1.82, 2.24) is 0 Å². The van der Waals surface area contributed by atoms with Crippen molar-refractivity contribution < 1.29 is 29.3 Å². The summed E-state index contributed by atoms with van der Waals surface area (Å²) in [6.45, 7) is 2.60. The van der Waals surface area contributed by atoms with E-state index in [1.807, 2.05) is 0 Å². The third-order valence-corrected chi connectivity index (χ3v) is 9.66. The highest BCUT2D eigenvalue weighted by Gasteiger charge is 2.74. The zero-order chi connectivity index (χ0) is 21.6. The highest BCUT2D eigenvalue weighted by molar-refractivity contribution is 6.45. The lowest BCUT2D eigenvalue weighted by molar-refractivity contribution is -0.175. The number of carbonyl (C=O) groups is 2. The van der Waals surface area contributed by atoms with Gasteiger partial charge in [0, 0.05) is 10.8 Å². The average molecular weight is 447 g/mol. The number of rotatable bonds is 2. The van der Waals surface area contributed by atoms with Crippen molar-refractivity contribution in [2.75, 3.05) is 6.61 Å². The van der Waals surface area contributed by atoms with Gasteiger partial charge in [0.1, 0.15) is 18.4 Å². The minimum absolute atomic E-state index is 0.0130. The standard InChI is InChI=1S/C21H25Cl2FO5/c1-18-8-16(27)21(23)11(10(18)3-4-20(18,29)17(28)9-25)5-14(24)12-6-15(26)13(22)7-19(12,21)2/h6-7,10-11,14,16,25,27,29H,3-5,8-9H2,1-2H3/t10-,11-,14?,16?,18-,19-,20-,21-/m0/s1. The van der Waals surface area contributed by atoms with Gasteiger partial charge in [0.2, 0.25) is 0 Å². The Morgan fingerprint density at radius 2 is 2.00 bits per heavy atom. The lowest BCUT2D eigenvalue weighted by atomic mass is 9.45. The smallest absolute Gasteiger partial charge is 0.196 e. The van der Waals surface area contributed by atoms with Crippen LogP contribution in [0.25, 0.3) is 0 Å². The van der Waals surface area contributed by atoms with Crippen molar-refractivity contribution in [2.45, 2.75) is 62.3 Å². The van der Waals surface area contributed by atoms with E-state index in [1.165, 1.54) is 12.2 Å². The van der Waals surface area contributed by atoms with E-state index in [0.29, 0.717) is 6.42 Å². The molecule has 0 spiro atoms. The monoisotopic (exact) mass is 446 g/mol. The van der Waals surface area contributed by atoms with Crippen LogP contribution < -0.4 is 0 Å². The van der Waals surface area contributed by atoms with Crippen LogP contribution in [-0.4, -0.2) is 56.2 Å². The maximum absolute atomic E-state index is 15.3. The van der Waals surface area contributed by atoms with E-state index >= 15 is 4.39 Å². The third kappa shape index (κ3) is 2.38. The Bertz CT molecular complexity index is 858. The van der Waals surface area contributed by atoms with Gasteiger partial charge in [-0.15, -0.1) is 11.6 Å². The Morgan fingerprint density at radius 1 is 1.34 bits per heavy atom. The van der Waals surface area contributed by atoms with Gasteiger partial charge < -0.3 is 15.3 Å². The summed E-state index contributed by atoms with van der Waals surface area (Å²) in [6, 6.07) is 0. The molecule has 0 saturated heterocycles. The molecule has 0 aliphatic heterocycles. The molecule has 0 amide bonds. The molecule has 0 radical (unpaired) electrons. The summed E-state index contributed by atoms with van der Waals surface area (Å²) < 4.78 is 15.3. The van der Waals surface area contributed by atoms with E-state index < -0.39 is 57.7 Å². The Morgan fingerprint density at radius 3 is 2.62 bits per heavy atom. The van der Waals surface area contributed by atoms with Gasteiger partial charge >= 0.3 is 0 Å².